The summed E-state index contributed by atoms with van der Waals surface area (Å²) >= 11 is 0. The maximum Gasteiger partial charge on any atom is 0.00619 e. The summed E-state index contributed by atoms with van der Waals surface area (Å²) in [6, 6.07) is 0.731. The van der Waals surface area contributed by atoms with Crippen LogP contribution in [-0.4, -0.2) is 37.6 Å². The van der Waals surface area contributed by atoms with Crippen molar-refractivity contribution >= 4 is 0 Å². The van der Waals surface area contributed by atoms with E-state index in [0.717, 1.165) is 12.0 Å². The van der Waals surface area contributed by atoms with Crippen LogP contribution in [0.5, 0.6) is 0 Å². The van der Waals surface area contributed by atoms with Gasteiger partial charge < -0.3 is 10.2 Å². The average Bonchev–Trinajstić information content (AvgIpc) is 2.72. The van der Waals surface area contributed by atoms with E-state index in [-0.39, 0.29) is 0 Å². The van der Waals surface area contributed by atoms with E-state index in [1.54, 1.807) is 0 Å². The summed E-state index contributed by atoms with van der Waals surface area (Å²) in [4.78, 5) is 2.65. The van der Waals surface area contributed by atoms with Crippen LogP contribution in [0.15, 0.2) is 0 Å². The zero-order valence-corrected chi connectivity index (χ0v) is 10.8. The molecule has 0 radical (unpaired) electrons. The van der Waals surface area contributed by atoms with Gasteiger partial charge >= 0.3 is 0 Å². The fourth-order valence-electron chi connectivity index (χ4n) is 2.56. The second-order valence-electron chi connectivity index (χ2n) is 4.90. The zero-order valence-electron chi connectivity index (χ0n) is 10.8. The van der Waals surface area contributed by atoms with Gasteiger partial charge in [0.2, 0.25) is 0 Å². The smallest absolute Gasteiger partial charge is 0.00619 e. The van der Waals surface area contributed by atoms with Crippen LogP contribution in [0.1, 0.15) is 46.0 Å². The van der Waals surface area contributed by atoms with Crippen molar-refractivity contribution in [2.45, 2.75) is 52.0 Å². The summed E-state index contributed by atoms with van der Waals surface area (Å²) in [7, 11) is 2.08. The lowest BCUT2D eigenvalue weighted by molar-refractivity contribution is 0.306. The van der Waals surface area contributed by atoms with Crippen molar-refractivity contribution in [3.8, 4) is 0 Å². The van der Waals surface area contributed by atoms with Crippen molar-refractivity contribution < 1.29 is 0 Å². The molecular formula is C13H28N2. The van der Waals surface area contributed by atoms with E-state index in [0.29, 0.717) is 0 Å². The minimum absolute atomic E-state index is 0.731. The van der Waals surface area contributed by atoms with Crippen molar-refractivity contribution in [2.75, 3.05) is 26.7 Å². The SMILES string of the molecule is CCC1CCN(CCCC(CC)NC)C1. The topological polar surface area (TPSA) is 15.3 Å². The molecule has 0 aromatic carbocycles. The van der Waals surface area contributed by atoms with Gasteiger partial charge in [0.25, 0.3) is 0 Å². The predicted octanol–water partition coefficient (Wildman–Crippen LogP) is 2.50. The summed E-state index contributed by atoms with van der Waals surface area (Å²) in [5, 5.41) is 3.38. The first kappa shape index (κ1) is 13.0. The number of rotatable bonds is 7. The molecule has 2 heteroatoms. The minimum atomic E-state index is 0.731. The summed E-state index contributed by atoms with van der Waals surface area (Å²) in [5.41, 5.74) is 0. The van der Waals surface area contributed by atoms with Gasteiger partial charge in [0.05, 0.1) is 0 Å². The van der Waals surface area contributed by atoms with Crippen LogP contribution in [0.4, 0.5) is 0 Å². The summed E-state index contributed by atoms with van der Waals surface area (Å²) < 4.78 is 0. The second-order valence-corrected chi connectivity index (χ2v) is 4.90. The van der Waals surface area contributed by atoms with Gasteiger partial charge in [0.15, 0.2) is 0 Å². The molecule has 1 fully saturated rings. The Labute approximate surface area is 95.4 Å². The summed E-state index contributed by atoms with van der Waals surface area (Å²) in [5.74, 6) is 0.983. The maximum atomic E-state index is 3.38. The van der Waals surface area contributed by atoms with Crippen LogP contribution in [0.25, 0.3) is 0 Å². The van der Waals surface area contributed by atoms with Gasteiger partial charge in [-0.05, 0) is 51.7 Å². The van der Waals surface area contributed by atoms with Gasteiger partial charge in [-0.25, -0.2) is 0 Å². The van der Waals surface area contributed by atoms with E-state index in [1.807, 2.05) is 0 Å². The molecule has 0 aliphatic carbocycles. The maximum absolute atomic E-state index is 3.38. The lowest BCUT2D eigenvalue weighted by Gasteiger charge is -2.18. The third-order valence-electron chi connectivity index (χ3n) is 3.88. The van der Waals surface area contributed by atoms with Gasteiger partial charge in [-0.1, -0.05) is 20.3 Å². The zero-order chi connectivity index (χ0) is 11.1. The van der Waals surface area contributed by atoms with Crippen LogP contribution in [-0.2, 0) is 0 Å². The van der Waals surface area contributed by atoms with Gasteiger partial charge in [0.1, 0.15) is 0 Å². The van der Waals surface area contributed by atoms with Crippen molar-refractivity contribution in [3.05, 3.63) is 0 Å². The first-order chi connectivity index (χ1) is 7.30. The molecule has 1 rings (SSSR count). The molecule has 2 unspecified atom stereocenters. The Hall–Kier alpha value is -0.0800. The molecular weight excluding hydrogens is 184 g/mol. The molecule has 1 saturated heterocycles. The van der Waals surface area contributed by atoms with Crippen LogP contribution < -0.4 is 5.32 Å². The average molecular weight is 212 g/mol. The normalized spacial score (nSPS) is 24.6. The van der Waals surface area contributed by atoms with Crippen LogP contribution in [0.2, 0.25) is 0 Å². The second kappa shape index (κ2) is 7.24. The molecule has 1 heterocycles. The fourth-order valence-corrected chi connectivity index (χ4v) is 2.56. The highest BCUT2D eigenvalue weighted by Gasteiger charge is 2.20. The van der Waals surface area contributed by atoms with E-state index >= 15 is 0 Å². The molecule has 0 saturated carbocycles. The van der Waals surface area contributed by atoms with Gasteiger partial charge in [-0.15, -0.1) is 0 Å². The molecule has 2 nitrogen and oxygen atoms in total. The van der Waals surface area contributed by atoms with E-state index in [1.165, 1.54) is 51.7 Å². The minimum Gasteiger partial charge on any atom is -0.317 e. The number of hydrogen-bond acceptors (Lipinski definition) is 2. The van der Waals surface area contributed by atoms with Crippen molar-refractivity contribution in [2.24, 2.45) is 5.92 Å². The predicted molar refractivity (Wildman–Crippen MR) is 67.2 cm³/mol. The molecule has 0 bridgehead atoms. The number of hydrogen-bond donors (Lipinski definition) is 1. The Balaban J connectivity index is 2.05. The monoisotopic (exact) mass is 212 g/mol. The van der Waals surface area contributed by atoms with Crippen LogP contribution in [0, 0.1) is 5.92 Å². The third-order valence-corrected chi connectivity index (χ3v) is 3.88. The molecule has 2 atom stereocenters. The van der Waals surface area contributed by atoms with E-state index < -0.39 is 0 Å². The molecule has 1 aliphatic heterocycles. The Morgan fingerprint density at radius 2 is 2.20 bits per heavy atom. The van der Waals surface area contributed by atoms with E-state index in [9.17, 15) is 0 Å². The van der Waals surface area contributed by atoms with E-state index in [2.05, 4.69) is 31.1 Å². The van der Waals surface area contributed by atoms with Crippen LogP contribution in [0.3, 0.4) is 0 Å². The molecule has 1 N–H and O–H groups in total. The van der Waals surface area contributed by atoms with Gasteiger partial charge in [-0.3, -0.25) is 0 Å². The standard InChI is InChI=1S/C13H28N2/c1-4-12-8-10-15(11-12)9-6-7-13(5-2)14-3/h12-14H,4-11H2,1-3H3. The highest BCUT2D eigenvalue weighted by Crippen LogP contribution is 2.19. The highest BCUT2D eigenvalue weighted by atomic mass is 15.1. The molecule has 1 aliphatic rings. The number of nitrogens with zero attached hydrogens (tertiary/aromatic N) is 1. The Bertz CT molecular complexity index is 155. The van der Waals surface area contributed by atoms with Gasteiger partial charge in [-0.2, -0.15) is 0 Å². The number of likely N-dealkylation sites (tertiary alicyclic amines) is 1. The number of nitrogens with one attached hydrogen (secondary N) is 1. The quantitative estimate of drug-likeness (QED) is 0.697. The highest BCUT2D eigenvalue weighted by molar-refractivity contribution is 4.75. The Morgan fingerprint density at radius 1 is 1.40 bits per heavy atom. The van der Waals surface area contributed by atoms with Crippen molar-refractivity contribution in [3.63, 3.8) is 0 Å². The molecule has 0 aromatic rings. The van der Waals surface area contributed by atoms with E-state index in [4.69, 9.17) is 0 Å². The lowest BCUT2D eigenvalue weighted by Crippen LogP contribution is -2.27. The first-order valence-corrected chi connectivity index (χ1v) is 6.69. The third kappa shape index (κ3) is 4.52. The van der Waals surface area contributed by atoms with Crippen molar-refractivity contribution in [1.29, 1.82) is 0 Å². The fraction of sp³-hybridized carbons (Fsp3) is 1.00. The first-order valence-electron chi connectivity index (χ1n) is 6.69. The lowest BCUT2D eigenvalue weighted by atomic mass is 10.1. The molecule has 0 aromatic heterocycles. The van der Waals surface area contributed by atoms with Crippen LogP contribution >= 0.6 is 0 Å². The summed E-state index contributed by atoms with van der Waals surface area (Å²) in [6.45, 7) is 8.60. The van der Waals surface area contributed by atoms with Gasteiger partial charge in [0, 0.05) is 12.6 Å². The Kier molecular flexibility index (Phi) is 6.26. The largest absolute Gasteiger partial charge is 0.317 e. The molecule has 90 valence electrons. The molecule has 0 amide bonds. The molecule has 0 spiro atoms. The van der Waals surface area contributed by atoms with Crippen molar-refractivity contribution in [1.82, 2.24) is 10.2 Å². The summed E-state index contributed by atoms with van der Waals surface area (Å²) in [6.07, 6.45) is 6.74. The Morgan fingerprint density at radius 3 is 2.73 bits per heavy atom. The molecule has 15 heavy (non-hydrogen) atoms.